The molecule has 9 heteroatoms. The van der Waals surface area contributed by atoms with Crippen LogP contribution in [0.4, 0.5) is 5.69 Å². The van der Waals surface area contributed by atoms with Gasteiger partial charge >= 0.3 is 0 Å². The van der Waals surface area contributed by atoms with Gasteiger partial charge in [-0.2, -0.15) is 4.31 Å². The fraction of sp³-hybridized carbons (Fsp3) is 0.222. The highest BCUT2D eigenvalue weighted by Gasteiger charge is 2.23. The molecular formula is C18H21N3O5S. The molecule has 2 amide bonds. The molecule has 0 bridgehead atoms. The highest BCUT2D eigenvalue weighted by atomic mass is 32.2. The number of hydrogen-bond acceptors (Lipinski definition) is 5. The van der Waals surface area contributed by atoms with Crippen molar-refractivity contribution in [2.75, 3.05) is 18.9 Å². The average molecular weight is 391 g/mol. The zero-order valence-corrected chi connectivity index (χ0v) is 15.8. The lowest BCUT2D eigenvalue weighted by molar-refractivity contribution is -0.134. The van der Waals surface area contributed by atoms with Gasteiger partial charge in [0, 0.05) is 19.7 Å². The minimum Gasteiger partial charge on any atom is -0.326 e. The summed E-state index contributed by atoms with van der Waals surface area (Å²) in [7, 11) is -2.55. The van der Waals surface area contributed by atoms with Crippen molar-refractivity contribution in [1.82, 2.24) is 9.79 Å². The van der Waals surface area contributed by atoms with Gasteiger partial charge in [0.1, 0.15) is 0 Å². The molecule has 0 saturated carbocycles. The van der Waals surface area contributed by atoms with Gasteiger partial charge in [-0.1, -0.05) is 30.3 Å². The Hall–Kier alpha value is -2.75. The Morgan fingerprint density at radius 1 is 1.04 bits per heavy atom. The van der Waals surface area contributed by atoms with E-state index in [2.05, 4.69) is 10.8 Å². The molecule has 0 aliphatic rings. The van der Waals surface area contributed by atoms with Crippen molar-refractivity contribution in [2.24, 2.45) is 0 Å². The lowest BCUT2D eigenvalue weighted by Crippen LogP contribution is -2.38. The molecule has 0 fully saturated rings. The van der Waals surface area contributed by atoms with Gasteiger partial charge < -0.3 is 5.32 Å². The Balaban J connectivity index is 1.90. The number of rotatable bonds is 8. The molecule has 0 aliphatic carbocycles. The minimum atomic E-state index is -3.85. The zero-order valence-electron chi connectivity index (χ0n) is 15.0. The van der Waals surface area contributed by atoms with Gasteiger partial charge in [0.05, 0.1) is 18.0 Å². The molecule has 144 valence electrons. The second-order valence-electron chi connectivity index (χ2n) is 5.77. The molecule has 0 radical (unpaired) electrons. The van der Waals surface area contributed by atoms with Gasteiger partial charge in [-0.15, -0.1) is 0 Å². The van der Waals surface area contributed by atoms with E-state index in [-0.39, 0.29) is 17.4 Å². The maximum absolute atomic E-state index is 12.5. The van der Waals surface area contributed by atoms with Gasteiger partial charge in [-0.25, -0.2) is 13.9 Å². The maximum Gasteiger partial charge on any atom is 0.258 e. The summed E-state index contributed by atoms with van der Waals surface area (Å²) >= 11 is 0. The molecule has 8 nitrogen and oxygen atoms in total. The topological polar surface area (TPSA) is 105 Å². The number of likely N-dealkylation sites (N-methyl/N-ethyl adjacent to an activating group) is 1. The van der Waals surface area contributed by atoms with E-state index in [9.17, 15) is 18.0 Å². The fourth-order valence-electron chi connectivity index (χ4n) is 2.19. The van der Waals surface area contributed by atoms with Crippen molar-refractivity contribution in [1.29, 1.82) is 0 Å². The standard InChI is InChI=1S/C18H21N3O5S/c1-14(22)19-16-8-10-17(11-9-16)27(24,25)21(2)12-18(23)20-26-13-15-6-4-3-5-7-15/h3-11H,12-13H2,1-2H3,(H,19,22)(H,20,23). The van der Waals surface area contributed by atoms with Crippen molar-refractivity contribution in [2.45, 2.75) is 18.4 Å². The van der Waals surface area contributed by atoms with E-state index in [0.717, 1.165) is 9.87 Å². The third-order valence-electron chi connectivity index (χ3n) is 3.52. The molecule has 2 rings (SSSR count). The molecule has 0 aromatic heterocycles. The average Bonchev–Trinajstić information content (AvgIpc) is 2.62. The molecule has 0 aliphatic heterocycles. The number of sulfonamides is 1. The van der Waals surface area contributed by atoms with Crippen molar-refractivity contribution >= 4 is 27.5 Å². The lowest BCUT2D eigenvalue weighted by Gasteiger charge is -2.17. The predicted octanol–water partition coefficient (Wildman–Crippen LogP) is 1.51. The number of benzene rings is 2. The Kier molecular flexibility index (Phi) is 7.05. The van der Waals surface area contributed by atoms with Crippen molar-refractivity contribution in [3.8, 4) is 0 Å². The number of nitrogens with zero attached hydrogens (tertiary/aromatic N) is 1. The van der Waals surface area contributed by atoms with Gasteiger partial charge in [0.15, 0.2) is 0 Å². The van der Waals surface area contributed by atoms with Crippen LogP contribution in [0.5, 0.6) is 0 Å². The minimum absolute atomic E-state index is 0.0112. The van der Waals surface area contributed by atoms with E-state index in [4.69, 9.17) is 4.84 Å². The van der Waals surface area contributed by atoms with Gasteiger partial charge in [0.2, 0.25) is 15.9 Å². The summed E-state index contributed by atoms with van der Waals surface area (Å²) in [6.07, 6.45) is 0. The number of anilines is 1. The summed E-state index contributed by atoms with van der Waals surface area (Å²) in [6, 6.07) is 14.9. The molecule has 2 aromatic carbocycles. The van der Waals surface area contributed by atoms with Crippen LogP contribution in [0.1, 0.15) is 12.5 Å². The van der Waals surface area contributed by atoms with Crippen molar-refractivity contribution in [3.63, 3.8) is 0 Å². The Bertz CT molecular complexity index is 883. The predicted molar refractivity (Wildman–Crippen MR) is 99.9 cm³/mol. The second kappa shape index (κ2) is 9.26. The van der Waals surface area contributed by atoms with Crippen LogP contribution in [0.15, 0.2) is 59.5 Å². The van der Waals surface area contributed by atoms with Crippen LogP contribution in [0.2, 0.25) is 0 Å². The SMILES string of the molecule is CC(=O)Nc1ccc(S(=O)(=O)N(C)CC(=O)NOCc2ccccc2)cc1. The number of amides is 2. The summed E-state index contributed by atoms with van der Waals surface area (Å²) in [5.74, 6) is -0.846. The van der Waals surface area contributed by atoms with E-state index in [0.29, 0.717) is 5.69 Å². The second-order valence-corrected chi connectivity index (χ2v) is 7.81. The van der Waals surface area contributed by atoms with Crippen molar-refractivity contribution in [3.05, 3.63) is 60.2 Å². The third-order valence-corrected chi connectivity index (χ3v) is 5.33. The number of hydrogen-bond donors (Lipinski definition) is 2. The fourth-order valence-corrected chi connectivity index (χ4v) is 3.31. The molecule has 0 unspecified atom stereocenters. The van der Waals surface area contributed by atoms with Gasteiger partial charge in [-0.05, 0) is 29.8 Å². The number of nitrogens with one attached hydrogen (secondary N) is 2. The zero-order chi connectivity index (χ0) is 19.9. The number of hydroxylamine groups is 1. The molecule has 2 aromatic rings. The summed E-state index contributed by atoms with van der Waals surface area (Å²) in [5.41, 5.74) is 3.58. The van der Waals surface area contributed by atoms with Crippen LogP contribution >= 0.6 is 0 Å². The monoisotopic (exact) mass is 391 g/mol. The lowest BCUT2D eigenvalue weighted by atomic mass is 10.2. The van der Waals surface area contributed by atoms with Crippen LogP contribution in [-0.4, -0.2) is 38.1 Å². The summed E-state index contributed by atoms with van der Waals surface area (Å²) in [4.78, 5) is 28.0. The van der Waals surface area contributed by atoms with Crippen LogP contribution in [0, 0.1) is 0 Å². The van der Waals surface area contributed by atoms with E-state index < -0.39 is 22.5 Å². The highest BCUT2D eigenvalue weighted by molar-refractivity contribution is 7.89. The summed E-state index contributed by atoms with van der Waals surface area (Å²) in [5, 5.41) is 2.55. The van der Waals surface area contributed by atoms with E-state index in [1.807, 2.05) is 30.3 Å². The molecular weight excluding hydrogens is 370 g/mol. The largest absolute Gasteiger partial charge is 0.326 e. The first kappa shape index (κ1) is 20.6. The first-order chi connectivity index (χ1) is 12.8. The third kappa shape index (κ3) is 6.17. The Morgan fingerprint density at radius 3 is 2.26 bits per heavy atom. The number of carbonyl (C=O) groups is 2. The maximum atomic E-state index is 12.5. The van der Waals surface area contributed by atoms with Crippen LogP contribution in [0.3, 0.4) is 0 Å². The first-order valence-corrected chi connectivity index (χ1v) is 9.51. The normalized spacial score (nSPS) is 11.2. The molecule has 0 saturated heterocycles. The molecule has 2 N–H and O–H groups in total. The first-order valence-electron chi connectivity index (χ1n) is 8.07. The van der Waals surface area contributed by atoms with Crippen LogP contribution in [-0.2, 0) is 31.1 Å². The van der Waals surface area contributed by atoms with Crippen LogP contribution < -0.4 is 10.8 Å². The summed E-state index contributed by atoms with van der Waals surface area (Å²) < 4.78 is 25.9. The van der Waals surface area contributed by atoms with Gasteiger partial charge in [-0.3, -0.25) is 14.4 Å². The van der Waals surface area contributed by atoms with Gasteiger partial charge in [0.25, 0.3) is 5.91 Å². The van der Waals surface area contributed by atoms with Crippen LogP contribution in [0.25, 0.3) is 0 Å². The van der Waals surface area contributed by atoms with Crippen molar-refractivity contribution < 1.29 is 22.8 Å². The number of carbonyl (C=O) groups excluding carboxylic acids is 2. The van der Waals surface area contributed by atoms with E-state index in [1.54, 1.807) is 0 Å². The molecule has 0 spiro atoms. The Labute approximate surface area is 158 Å². The smallest absolute Gasteiger partial charge is 0.258 e. The quantitative estimate of drug-likeness (QED) is 0.664. The molecule has 27 heavy (non-hydrogen) atoms. The van der Waals surface area contributed by atoms with E-state index in [1.165, 1.54) is 38.2 Å². The Morgan fingerprint density at radius 2 is 1.67 bits per heavy atom. The summed E-state index contributed by atoms with van der Waals surface area (Å²) in [6.45, 7) is 1.13. The highest BCUT2D eigenvalue weighted by Crippen LogP contribution is 2.17. The molecule has 0 heterocycles. The molecule has 0 atom stereocenters. The van der Waals surface area contributed by atoms with E-state index >= 15 is 0 Å².